The number of allylic oxidation sites excluding steroid dienone is 1. The predicted octanol–water partition coefficient (Wildman–Crippen LogP) is 8.53. The summed E-state index contributed by atoms with van der Waals surface area (Å²) in [4.78, 5) is 2.51. The summed E-state index contributed by atoms with van der Waals surface area (Å²) in [5.74, 6) is 4.77. The van der Waals surface area contributed by atoms with Crippen molar-refractivity contribution in [3.05, 3.63) is 83.4 Å². The molecular formula is C40H49NO6. The zero-order valence-corrected chi connectivity index (χ0v) is 28.1. The molecule has 250 valence electrons. The maximum Gasteiger partial charge on any atom is 0.199 e. The van der Waals surface area contributed by atoms with Gasteiger partial charge in [0, 0.05) is 49.7 Å². The van der Waals surface area contributed by atoms with Crippen LogP contribution in [0.5, 0.6) is 23.0 Å². The van der Waals surface area contributed by atoms with Gasteiger partial charge in [-0.25, -0.2) is 0 Å². The molecule has 0 N–H and O–H groups in total. The summed E-state index contributed by atoms with van der Waals surface area (Å²) in [6.45, 7) is 12.3. The van der Waals surface area contributed by atoms with Crippen LogP contribution in [0.3, 0.4) is 0 Å². The molecule has 0 saturated carbocycles. The second-order valence-corrected chi connectivity index (χ2v) is 13.7. The SMILES string of the molecule is CC1=C(c2ccc(OC3CCCCO3)cc2)C(c2ccc(OCCN3C[C@H](C)[C@@H](C)C3)cc2)Oc2cc(OC3CCCCO3)ccc21. The van der Waals surface area contributed by atoms with E-state index in [0.29, 0.717) is 6.61 Å². The van der Waals surface area contributed by atoms with Crippen molar-refractivity contribution in [1.82, 2.24) is 4.90 Å². The van der Waals surface area contributed by atoms with Crippen molar-refractivity contribution >= 4 is 11.1 Å². The molecule has 7 nitrogen and oxygen atoms in total. The largest absolute Gasteiger partial charge is 0.492 e. The molecule has 3 unspecified atom stereocenters. The van der Waals surface area contributed by atoms with E-state index in [1.165, 1.54) is 5.57 Å². The molecule has 3 aromatic carbocycles. The van der Waals surface area contributed by atoms with Gasteiger partial charge in [0.25, 0.3) is 0 Å². The first-order chi connectivity index (χ1) is 23.0. The van der Waals surface area contributed by atoms with Crippen molar-refractivity contribution in [2.45, 2.75) is 78.0 Å². The van der Waals surface area contributed by atoms with E-state index in [1.54, 1.807) is 0 Å². The maximum atomic E-state index is 6.87. The zero-order chi connectivity index (χ0) is 32.2. The minimum atomic E-state index is -0.307. The Kier molecular flexibility index (Phi) is 10.0. The second-order valence-electron chi connectivity index (χ2n) is 13.7. The first kappa shape index (κ1) is 32.0. The Labute approximate surface area is 279 Å². The number of fused-ring (bicyclic) bond motifs is 1. The van der Waals surface area contributed by atoms with Gasteiger partial charge in [0.2, 0.25) is 0 Å². The van der Waals surface area contributed by atoms with Crippen molar-refractivity contribution in [3.63, 3.8) is 0 Å². The van der Waals surface area contributed by atoms with Crippen LogP contribution < -0.4 is 18.9 Å². The first-order valence-electron chi connectivity index (χ1n) is 17.6. The minimum absolute atomic E-state index is 0.174. The van der Waals surface area contributed by atoms with Crippen LogP contribution >= 0.6 is 0 Å². The Morgan fingerprint density at radius 3 is 1.98 bits per heavy atom. The van der Waals surface area contributed by atoms with Crippen LogP contribution in [0.1, 0.15) is 82.1 Å². The fourth-order valence-corrected chi connectivity index (χ4v) is 7.20. The zero-order valence-electron chi connectivity index (χ0n) is 28.1. The van der Waals surface area contributed by atoms with E-state index in [1.807, 2.05) is 24.3 Å². The highest BCUT2D eigenvalue weighted by molar-refractivity contribution is 5.95. The average Bonchev–Trinajstić information content (AvgIpc) is 3.42. The number of likely N-dealkylation sites (tertiary alicyclic amines) is 1. The minimum Gasteiger partial charge on any atom is -0.492 e. The lowest BCUT2D eigenvalue weighted by molar-refractivity contribution is -0.106. The molecule has 47 heavy (non-hydrogen) atoms. The lowest BCUT2D eigenvalue weighted by Gasteiger charge is -2.32. The van der Waals surface area contributed by atoms with Gasteiger partial charge in [-0.15, -0.1) is 0 Å². The summed E-state index contributed by atoms with van der Waals surface area (Å²) >= 11 is 0. The van der Waals surface area contributed by atoms with Crippen molar-refractivity contribution in [1.29, 1.82) is 0 Å². The Bertz CT molecular complexity index is 1500. The molecule has 0 aliphatic carbocycles. The van der Waals surface area contributed by atoms with E-state index < -0.39 is 0 Å². The summed E-state index contributed by atoms with van der Waals surface area (Å²) in [7, 11) is 0. The highest BCUT2D eigenvalue weighted by Crippen LogP contribution is 2.48. The van der Waals surface area contributed by atoms with Gasteiger partial charge in [-0.05, 0) is 97.5 Å². The van der Waals surface area contributed by atoms with E-state index in [0.717, 1.165) is 128 Å². The van der Waals surface area contributed by atoms with Crippen LogP contribution in [0.2, 0.25) is 0 Å². The summed E-state index contributed by atoms with van der Waals surface area (Å²) in [6, 6.07) is 22.9. The van der Waals surface area contributed by atoms with E-state index in [4.69, 9.17) is 28.4 Å². The van der Waals surface area contributed by atoms with Crippen molar-refractivity contribution in [2.75, 3.05) is 39.5 Å². The standard InChI is InChI=1S/C40H49NO6/c1-27-25-41(26-28(27)2)20-23-42-32-14-12-31(13-15-32)40-39(30-10-16-33(17-11-30)45-37-8-4-6-21-43-37)29(3)35-19-18-34(24-36(35)47-40)46-38-9-5-7-22-44-38/h10-19,24,27-28,37-38,40H,4-9,20-23,25-26H2,1-3H3/t27-,28-,37?,38?,40?/m0/s1. The molecule has 0 aromatic heterocycles. The lowest BCUT2D eigenvalue weighted by atomic mass is 9.86. The highest BCUT2D eigenvalue weighted by Gasteiger charge is 2.31. The molecule has 3 fully saturated rings. The van der Waals surface area contributed by atoms with Crippen LogP contribution in [-0.2, 0) is 9.47 Å². The van der Waals surface area contributed by atoms with Gasteiger partial charge in [0.15, 0.2) is 12.6 Å². The van der Waals surface area contributed by atoms with E-state index in [-0.39, 0.29) is 18.7 Å². The van der Waals surface area contributed by atoms with Crippen LogP contribution in [0.15, 0.2) is 66.7 Å². The van der Waals surface area contributed by atoms with E-state index >= 15 is 0 Å². The Morgan fingerprint density at radius 1 is 0.723 bits per heavy atom. The number of benzene rings is 3. The molecule has 0 spiro atoms. The third-order valence-electron chi connectivity index (χ3n) is 10.2. The van der Waals surface area contributed by atoms with Gasteiger partial charge in [0.05, 0.1) is 13.2 Å². The second kappa shape index (κ2) is 14.7. The molecular weight excluding hydrogens is 590 g/mol. The van der Waals surface area contributed by atoms with Crippen molar-refractivity contribution < 1.29 is 28.4 Å². The fraction of sp³-hybridized carbons (Fsp3) is 0.500. The lowest BCUT2D eigenvalue weighted by Crippen LogP contribution is -2.26. The van der Waals surface area contributed by atoms with Crippen LogP contribution in [-0.4, -0.2) is 56.9 Å². The molecule has 4 aliphatic rings. The Morgan fingerprint density at radius 2 is 1.34 bits per heavy atom. The molecule has 7 heteroatoms. The van der Waals surface area contributed by atoms with Crippen molar-refractivity contribution in [2.24, 2.45) is 11.8 Å². The molecule has 0 radical (unpaired) electrons. The summed E-state index contributed by atoms with van der Waals surface area (Å²) in [5.41, 5.74) is 5.54. The summed E-state index contributed by atoms with van der Waals surface area (Å²) < 4.78 is 37.1. The monoisotopic (exact) mass is 639 g/mol. The number of hydrogen-bond acceptors (Lipinski definition) is 7. The number of ether oxygens (including phenoxy) is 6. The molecule has 4 heterocycles. The maximum absolute atomic E-state index is 6.87. The average molecular weight is 640 g/mol. The molecule has 4 aliphatic heterocycles. The fourth-order valence-electron chi connectivity index (χ4n) is 7.20. The van der Waals surface area contributed by atoms with E-state index in [9.17, 15) is 0 Å². The van der Waals surface area contributed by atoms with Crippen LogP contribution in [0.4, 0.5) is 0 Å². The topological polar surface area (TPSA) is 58.6 Å². The molecule has 5 atom stereocenters. The van der Waals surface area contributed by atoms with Crippen LogP contribution in [0.25, 0.3) is 11.1 Å². The molecule has 0 bridgehead atoms. The van der Waals surface area contributed by atoms with Crippen LogP contribution in [0, 0.1) is 11.8 Å². The normalized spacial score (nSPS) is 26.4. The third kappa shape index (κ3) is 7.64. The van der Waals surface area contributed by atoms with Gasteiger partial charge < -0.3 is 28.4 Å². The molecule has 3 aromatic rings. The third-order valence-corrected chi connectivity index (χ3v) is 10.2. The quantitative estimate of drug-likeness (QED) is 0.220. The Balaban J connectivity index is 1.12. The first-order valence-corrected chi connectivity index (χ1v) is 17.6. The highest BCUT2D eigenvalue weighted by atomic mass is 16.7. The number of rotatable bonds is 10. The predicted molar refractivity (Wildman–Crippen MR) is 184 cm³/mol. The summed E-state index contributed by atoms with van der Waals surface area (Å²) in [6.07, 6.45) is 5.57. The Hall–Kier alpha value is -3.52. The number of hydrogen-bond donors (Lipinski definition) is 0. The van der Waals surface area contributed by atoms with Gasteiger partial charge in [-0.1, -0.05) is 38.1 Å². The summed E-state index contributed by atoms with van der Waals surface area (Å²) in [5, 5.41) is 0. The molecule has 0 amide bonds. The van der Waals surface area contributed by atoms with Gasteiger partial charge in [-0.3, -0.25) is 4.90 Å². The van der Waals surface area contributed by atoms with Gasteiger partial charge in [0.1, 0.15) is 35.7 Å². The van der Waals surface area contributed by atoms with Crippen molar-refractivity contribution in [3.8, 4) is 23.0 Å². The molecule has 3 saturated heterocycles. The van der Waals surface area contributed by atoms with Gasteiger partial charge >= 0.3 is 0 Å². The molecule has 7 rings (SSSR count). The van der Waals surface area contributed by atoms with E-state index in [2.05, 4.69) is 68.1 Å². The smallest absolute Gasteiger partial charge is 0.199 e. The van der Waals surface area contributed by atoms with Gasteiger partial charge in [-0.2, -0.15) is 0 Å². The number of nitrogens with zero attached hydrogens (tertiary/aromatic N) is 1.